The number of hydrogen-bond acceptors (Lipinski definition) is 11. The van der Waals surface area contributed by atoms with Crippen LogP contribution in [0.2, 0.25) is 0 Å². The number of ether oxygens (including phenoxy) is 5. The van der Waals surface area contributed by atoms with Crippen molar-refractivity contribution in [2.24, 2.45) is 0 Å². The Kier molecular flexibility index (Phi) is 9.79. The van der Waals surface area contributed by atoms with E-state index in [4.69, 9.17) is 28.2 Å². The standard InChI is InChI=1S/C26H29O11P/c1-16(27)32-15-22-23(33-17(2)28)24(34-18(3)29)25(35-19(4)30)26(36-22)37-38(31,20-11-7-5-8-12-20)21-13-9-6-10-14-21/h5-14,22-26H,15H2,1-4H3/t22-,23-,24+,25-,26+/m1/s1. The van der Waals surface area contributed by atoms with Crippen molar-refractivity contribution >= 4 is 41.9 Å². The molecule has 0 unspecified atom stereocenters. The summed E-state index contributed by atoms with van der Waals surface area (Å²) in [6.45, 7) is 4.08. The Hall–Kier alpha value is -3.53. The maximum Gasteiger partial charge on any atom is 0.303 e. The van der Waals surface area contributed by atoms with Gasteiger partial charge in [0.1, 0.15) is 12.7 Å². The van der Waals surface area contributed by atoms with Crippen molar-refractivity contribution in [1.82, 2.24) is 0 Å². The Morgan fingerprint density at radius 3 is 1.58 bits per heavy atom. The Morgan fingerprint density at radius 2 is 1.13 bits per heavy atom. The van der Waals surface area contributed by atoms with Crippen LogP contribution in [0.4, 0.5) is 0 Å². The third-order valence-electron chi connectivity index (χ3n) is 5.39. The number of carbonyl (C=O) groups excluding carboxylic acids is 4. The third-order valence-corrected chi connectivity index (χ3v) is 7.85. The van der Waals surface area contributed by atoms with Gasteiger partial charge in [-0.15, -0.1) is 0 Å². The van der Waals surface area contributed by atoms with Crippen molar-refractivity contribution < 1.29 is 52.0 Å². The van der Waals surface area contributed by atoms with Gasteiger partial charge in [0.2, 0.25) is 6.29 Å². The summed E-state index contributed by atoms with van der Waals surface area (Å²) in [5, 5.41) is 0.637. The van der Waals surface area contributed by atoms with Crippen LogP contribution in [0.25, 0.3) is 0 Å². The molecule has 3 rings (SSSR count). The first-order valence-electron chi connectivity index (χ1n) is 11.7. The van der Waals surface area contributed by atoms with Gasteiger partial charge in [0, 0.05) is 38.3 Å². The summed E-state index contributed by atoms with van der Waals surface area (Å²) in [4.78, 5) is 47.6. The molecule has 0 N–H and O–H groups in total. The van der Waals surface area contributed by atoms with Crippen LogP contribution in [0.5, 0.6) is 0 Å². The highest BCUT2D eigenvalue weighted by Crippen LogP contribution is 2.48. The molecular weight excluding hydrogens is 519 g/mol. The molecule has 1 fully saturated rings. The van der Waals surface area contributed by atoms with Crippen molar-refractivity contribution in [2.45, 2.75) is 58.4 Å². The van der Waals surface area contributed by atoms with Crippen LogP contribution in [0.15, 0.2) is 60.7 Å². The van der Waals surface area contributed by atoms with E-state index in [0.717, 1.165) is 20.8 Å². The molecule has 1 heterocycles. The number of benzene rings is 2. The number of esters is 4. The van der Waals surface area contributed by atoms with Gasteiger partial charge in [-0.1, -0.05) is 36.4 Å². The predicted octanol–water partition coefficient (Wildman–Crippen LogP) is 2.02. The molecular formula is C26H29O11P. The van der Waals surface area contributed by atoms with E-state index in [2.05, 4.69) is 0 Å². The first-order chi connectivity index (χ1) is 18.0. The molecule has 12 heteroatoms. The van der Waals surface area contributed by atoms with Gasteiger partial charge in [-0.2, -0.15) is 0 Å². The molecule has 0 aliphatic carbocycles. The zero-order chi connectivity index (χ0) is 27.9. The van der Waals surface area contributed by atoms with E-state index in [1.165, 1.54) is 6.92 Å². The van der Waals surface area contributed by atoms with Gasteiger partial charge in [-0.25, -0.2) is 0 Å². The fourth-order valence-corrected chi connectivity index (χ4v) is 6.07. The van der Waals surface area contributed by atoms with E-state index in [0.29, 0.717) is 10.6 Å². The lowest BCUT2D eigenvalue weighted by atomic mass is 9.98. The molecule has 5 atom stereocenters. The van der Waals surface area contributed by atoms with Gasteiger partial charge in [0.05, 0.1) is 0 Å². The minimum atomic E-state index is -3.92. The highest BCUT2D eigenvalue weighted by atomic mass is 31.2. The maximum atomic E-state index is 14.6. The molecule has 1 aliphatic heterocycles. The molecule has 11 nitrogen and oxygen atoms in total. The van der Waals surface area contributed by atoms with E-state index in [-0.39, 0.29) is 0 Å². The normalized spacial score (nSPS) is 23.1. The first kappa shape index (κ1) is 29.0. The number of carbonyl (C=O) groups is 4. The fourth-order valence-electron chi connectivity index (χ4n) is 3.94. The number of hydrogen-bond donors (Lipinski definition) is 0. The molecule has 2 aromatic rings. The highest BCUT2D eigenvalue weighted by molar-refractivity contribution is 7.74. The van der Waals surface area contributed by atoms with Crippen LogP contribution in [0.3, 0.4) is 0 Å². The van der Waals surface area contributed by atoms with Crippen molar-refractivity contribution in [2.75, 3.05) is 6.61 Å². The van der Waals surface area contributed by atoms with Gasteiger partial charge < -0.3 is 23.7 Å². The summed E-state index contributed by atoms with van der Waals surface area (Å²) in [5.74, 6) is -2.99. The van der Waals surface area contributed by atoms with Crippen LogP contribution in [0, 0.1) is 0 Å². The lowest BCUT2D eigenvalue weighted by Gasteiger charge is -2.44. The minimum absolute atomic E-state index is 0.319. The third kappa shape index (κ3) is 7.28. The van der Waals surface area contributed by atoms with Crippen molar-refractivity contribution in [1.29, 1.82) is 0 Å². The van der Waals surface area contributed by atoms with Crippen LogP contribution < -0.4 is 10.6 Å². The first-order valence-corrected chi connectivity index (χ1v) is 13.3. The fraction of sp³-hybridized carbons (Fsp3) is 0.385. The van der Waals surface area contributed by atoms with E-state index >= 15 is 0 Å². The molecule has 2 aromatic carbocycles. The number of rotatable bonds is 9. The zero-order valence-electron chi connectivity index (χ0n) is 21.3. The minimum Gasteiger partial charge on any atom is -0.463 e. The second-order valence-corrected chi connectivity index (χ2v) is 10.7. The van der Waals surface area contributed by atoms with E-state index in [1.54, 1.807) is 60.7 Å². The molecule has 0 radical (unpaired) electrons. The maximum absolute atomic E-state index is 14.6. The molecule has 1 saturated heterocycles. The summed E-state index contributed by atoms with van der Waals surface area (Å²) >= 11 is 0. The van der Waals surface area contributed by atoms with Gasteiger partial charge in [0.15, 0.2) is 18.3 Å². The monoisotopic (exact) mass is 548 g/mol. The van der Waals surface area contributed by atoms with E-state index < -0.39 is 68.6 Å². The van der Waals surface area contributed by atoms with Crippen LogP contribution >= 0.6 is 7.37 Å². The van der Waals surface area contributed by atoms with Crippen molar-refractivity contribution in [3.63, 3.8) is 0 Å². The molecule has 0 amide bonds. The largest absolute Gasteiger partial charge is 0.463 e. The Morgan fingerprint density at radius 1 is 0.684 bits per heavy atom. The lowest BCUT2D eigenvalue weighted by molar-refractivity contribution is -0.288. The van der Waals surface area contributed by atoms with Crippen LogP contribution in [-0.4, -0.2) is 61.2 Å². The van der Waals surface area contributed by atoms with Gasteiger partial charge in [0.25, 0.3) is 7.37 Å². The Bertz CT molecular complexity index is 1140. The Balaban J connectivity index is 2.12. The molecule has 38 heavy (non-hydrogen) atoms. The molecule has 0 bridgehead atoms. The highest BCUT2D eigenvalue weighted by Gasteiger charge is 2.54. The summed E-state index contributed by atoms with van der Waals surface area (Å²) in [7, 11) is -3.92. The second kappa shape index (κ2) is 12.8. The van der Waals surface area contributed by atoms with Gasteiger partial charge >= 0.3 is 23.9 Å². The molecule has 0 spiro atoms. The molecule has 0 aromatic heterocycles. The predicted molar refractivity (Wildman–Crippen MR) is 133 cm³/mol. The zero-order valence-corrected chi connectivity index (χ0v) is 22.2. The second-order valence-electron chi connectivity index (χ2n) is 8.40. The van der Waals surface area contributed by atoms with Crippen molar-refractivity contribution in [3.05, 3.63) is 60.7 Å². The van der Waals surface area contributed by atoms with E-state index in [1.807, 2.05) is 0 Å². The van der Waals surface area contributed by atoms with Gasteiger partial charge in [-0.3, -0.25) is 28.3 Å². The topological polar surface area (TPSA) is 141 Å². The molecule has 204 valence electrons. The lowest BCUT2D eigenvalue weighted by Crippen LogP contribution is -2.63. The average molecular weight is 548 g/mol. The van der Waals surface area contributed by atoms with Crippen molar-refractivity contribution in [3.8, 4) is 0 Å². The smallest absolute Gasteiger partial charge is 0.303 e. The quantitative estimate of drug-likeness (QED) is 0.258. The van der Waals surface area contributed by atoms with E-state index in [9.17, 15) is 23.7 Å². The van der Waals surface area contributed by atoms with Crippen LogP contribution in [0.1, 0.15) is 27.7 Å². The average Bonchev–Trinajstić information content (AvgIpc) is 2.86. The SMILES string of the molecule is CC(=O)OC[C@H]1O[C@@H](OP(=O)(c2ccccc2)c2ccccc2)[C@H](OC(C)=O)[C@@H](OC(C)=O)[C@@H]1OC(C)=O. The van der Waals surface area contributed by atoms with Crippen LogP contribution in [-0.2, 0) is 52.0 Å². The molecule has 1 aliphatic rings. The van der Waals surface area contributed by atoms with Gasteiger partial charge in [-0.05, 0) is 24.3 Å². The summed E-state index contributed by atoms with van der Waals surface area (Å²) in [6, 6.07) is 16.7. The summed E-state index contributed by atoms with van der Waals surface area (Å²) in [6.07, 6.45) is -7.13. The molecule has 0 saturated carbocycles. The summed E-state index contributed by atoms with van der Waals surface area (Å²) in [5.41, 5.74) is 0. The summed E-state index contributed by atoms with van der Waals surface area (Å²) < 4.78 is 48.0. The Labute approximate surface area is 219 Å².